The minimum atomic E-state index is 0.0652. The Balaban J connectivity index is 1.69. The van der Waals surface area contributed by atoms with Crippen molar-refractivity contribution in [3.05, 3.63) is 28.2 Å². The first kappa shape index (κ1) is 13.2. The number of ketones is 1. The molecule has 1 aromatic carbocycles. The van der Waals surface area contributed by atoms with Crippen molar-refractivity contribution in [2.75, 3.05) is 6.61 Å². The summed E-state index contributed by atoms with van der Waals surface area (Å²) in [5.41, 5.74) is 0.686. The Hall–Kier alpha value is -0.830. The summed E-state index contributed by atoms with van der Waals surface area (Å²) >= 11 is 3.44. The van der Waals surface area contributed by atoms with Gasteiger partial charge in [-0.3, -0.25) is 4.79 Å². The van der Waals surface area contributed by atoms with Crippen LogP contribution in [0.25, 0.3) is 0 Å². The Kier molecular flexibility index (Phi) is 3.66. The van der Waals surface area contributed by atoms with Crippen molar-refractivity contribution in [3.63, 3.8) is 0 Å². The molecule has 0 saturated heterocycles. The maximum Gasteiger partial charge on any atom is 0.163 e. The number of halogens is 1. The number of benzene rings is 1. The Bertz CT molecular complexity index is 498. The van der Waals surface area contributed by atoms with Crippen molar-refractivity contribution in [1.82, 2.24) is 0 Å². The average molecular weight is 323 g/mol. The summed E-state index contributed by atoms with van der Waals surface area (Å²) in [6.07, 6.45) is 5.49. The van der Waals surface area contributed by atoms with Gasteiger partial charge in [-0.15, -0.1) is 0 Å². The number of carbonyl (C=O) groups excluding carboxylic acids is 1. The molecule has 2 aliphatic carbocycles. The summed E-state index contributed by atoms with van der Waals surface area (Å²) in [5, 5.41) is 0. The van der Waals surface area contributed by atoms with Gasteiger partial charge < -0.3 is 4.74 Å². The molecule has 19 heavy (non-hydrogen) atoms. The number of ether oxygens (including phenoxy) is 1. The van der Waals surface area contributed by atoms with Gasteiger partial charge in [-0.1, -0.05) is 22.4 Å². The molecular formula is C16H19BrO2. The lowest BCUT2D eigenvalue weighted by Crippen LogP contribution is -2.19. The van der Waals surface area contributed by atoms with E-state index in [2.05, 4.69) is 15.9 Å². The van der Waals surface area contributed by atoms with Crippen molar-refractivity contribution in [2.24, 2.45) is 17.8 Å². The normalized spacial score (nSPS) is 28.6. The molecule has 1 aromatic rings. The van der Waals surface area contributed by atoms with Crippen LogP contribution in [0.3, 0.4) is 0 Å². The predicted molar refractivity (Wildman–Crippen MR) is 78.6 cm³/mol. The minimum absolute atomic E-state index is 0.0652. The second kappa shape index (κ2) is 5.28. The highest BCUT2D eigenvalue weighted by atomic mass is 79.9. The van der Waals surface area contributed by atoms with Gasteiger partial charge >= 0.3 is 0 Å². The van der Waals surface area contributed by atoms with Crippen LogP contribution >= 0.6 is 15.9 Å². The second-order valence-corrected chi connectivity index (χ2v) is 6.86. The fourth-order valence-electron chi connectivity index (χ4n) is 3.68. The van der Waals surface area contributed by atoms with E-state index in [4.69, 9.17) is 4.74 Å². The van der Waals surface area contributed by atoms with Crippen LogP contribution in [-0.4, -0.2) is 12.4 Å². The molecule has 2 bridgehead atoms. The van der Waals surface area contributed by atoms with Crippen LogP contribution in [0.1, 0.15) is 43.0 Å². The van der Waals surface area contributed by atoms with Crippen LogP contribution in [0.5, 0.6) is 5.75 Å². The second-order valence-electron chi connectivity index (χ2n) is 5.94. The standard InChI is InChI=1S/C16H19BrO2/c1-10(18)15-5-4-14(17)8-16(15)19-9-13-7-11-2-3-12(13)6-11/h4-5,8,11-13H,2-3,6-7,9H2,1H3. The third-order valence-corrected chi connectivity index (χ3v) is 5.15. The SMILES string of the molecule is CC(=O)c1ccc(Br)cc1OCC1CC2CCC1C2. The van der Waals surface area contributed by atoms with Crippen molar-refractivity contribution >= 4 is 21.7 Å². The molecule has 0 spiro atoms. The molecule has 2 fully saturated rings. The van der Waals surface area contributed by atoms with Crippen LogP contribution in [0.4, 0.5) is 0 Å². The molecule has 3 heteroatoms. The lowest BCUT2D eigenvalue weighted by molar-refractivity contribution is 0.101. The van der Waals surface area contributed by atoms with Gasteiger partial charge in [0.15, 0.2) is 5.78 Å². The van der Waals surface area contributed by atoms with Crippen LogP contribution in [0, 0.1) is 17.8 Å². The van der Waals surface area contributed by atoms with Gasteiger partial charge in [0.25, 0.3) is 0 Å². The van der Waals surface area contributed by atoms with E-state index in [0.717, 1.165) is 28.7 Å². The molecular weight excluding hydrogens is 304 g/mol. The van der Waals surface area contributed by atoms with Crippen molar-refractivity contribution in [1.29, 1.82) is 0 Å². The molecule has 0 N–H and O–H groups in total. The van der Waals surface area contributed by atoms with Crippen molar-refractivity contribution in [2.45, 2.75) is 32.6 Å². The molecule has 2 nitrogen and oxygen atoms in total. The largest absolute Gasteiger partial charge is 0.492 e. The fraction of sp³-hybridized carbons (Fsp3) is 0.562. The molecule has 0 aromatic heterocycles. The van der Waals surface area contributed by atoms with Crippen molar-refractivity contribution in [3.8, 4) is 5.75 Å². The maximum absolute atomic E-state index is 11.6. The Morgan fingerprint density at radius 3 is 2.84 bits per heavy atom. The lowest BCUT2D eigenvalue weighted by atomic mass is 9.89. The summed E-state index contributed by atoms with van der Waals surface area (Å²) in [5.74, 6) is 3.28. The monoisotopic (exact) mass is 322 g/mol. The molecule has 2 aliphatic rings. The first-order valence-corrected chi connectivity index (χ1v) is 7.86. The molecule has 102 valence electrons. The number of hydrogen-bond acceptors (Lipinski definition) is 2. The zero-order valence-corrected chi connectivity index (χ0v) is 12.8. The summed E-state index contributed by atoms with van der Waals surface area (Å²) in [6, 6.07) is 5.63. The van der Waals surface area contributed by atoms with Crippen LogP contribution in [-0.2, 0) is 0 Å². The molecule has 2 saturated carbocycles. The van der Waals surface area contributed by atoms with E-state index in [1.807, 2.05) is 18.2 Å². The summed E-state index contributed by atoms with van der Waals surface area (Å²) in [7, 11) is 0. The number of hydrogen-bond donors (Lipinski definition) is 0. The average Bonchev–Trinajstić information content (AvgIpc) is 2.98. The Morgan fingerprint density at radius 2 is 2.21 bits per heavy atom. The molecule has 3 unspecified atom stereocenters. The van der Waals surface area contributed by atoms with E-state index >= 15 is 0 Å². The van der Waals surface area contributed by atoms with Gasteiger partial charge in [0.2, 0.25) is 0 Å². The topological polar surface area (TPSA) is 26.3 Å². The quantitative estimate of drug-likeness (QED) is 0.764. The first-order chi connectivity index (χ1) is 9.13. The van der Waals surface area contributed by atoms with E-state index in [9.17, 15) is 4.79 Å². The van der Waals surface area contributed by atoms with E-state index in [-0.39, 0.29) is 5.78 Å². The van der Waals surface area contributed by atoms with Crippen LogP contribution < -0.4 is 4.74 Å². The molecule has 0 amide bonds. The van der Waals surface area contributed by atoms with E-state index < -0.39 is 0 Å². The third-order valence-electron chi connectivity index (χ3n) is 4.66. The maximum atomic E-state index is 11.6. The molecule has 0 aliphatic heterocycles. The van der Waals surface area contributed by atoms with E-state index in [0.29, 0.717) is 11.5 Å². The highest BCUT2D eigenvalue weighted by molar-refractivity contribution is 9.10. The van der Waals surface area contributed by atoms with Crippen molar-refractivity contribution < 1.29 is 9.53 Å². The van der Waals surface area contributed by atoms with Crippen LogP contribution in [0.15, 0.2) is 22.7 Å². The number of carbonyl (C=O) groups is 1. The molecule has 0 heterocycles. The number of Topliss-reactive ketones (excluding diaryl/α,β-unsaturated/α-hetero) is 1. The highest BCUT2D eigenvalue weighted by Gasteiger charge is 2.39. The van der Waals surface area contributed by atoms with E-state index in [1.165, 1.54) is 25.7 Å². The Labute approximate surface area is 122 Å². The summed E-state index contributed by atoms with van der Waals surface area (Å²) in [4.78, 5) is 11.6. The van der Waals surface area contributed by atoms with E-state index in [1.54, 1.807) is 6.92 Å². The summed E-state index contributed by atoms with van der Waals surface area (Å²) in [6.45, 7) is 2.35. The highest BCUT2D eigenvalue weighted by Crippen LogP contribution is 2.48. The van der Waals surface area contributed by atoms with Gasteiger partial charge in [0, 0.05) is 4.47 Å². The molecule has 3 atom stereocenters. The van der Waals surface area contributed by atoms with Crippen LogP contribution in [0.2, 0.25) is 0 Å². The zero-order chi connectivity index (χ0) is 13.4. The minimum Gasteiger partial charge on any atom is -0.492 e. The third kappa shape index (κ3) is 2.71. The fourth-order valence-corrected chi connectivity index (χ4v) is 4.02. The predicted octanol–water partition coefficient (Wildman–Crippen LogP) is 4.47. The first-order valence-electron chi connectivity index (χ1n) is 7.07. The van der Waals surface area contributed by atoms with Gasteiger partial charge in [-0.2, -0.15) is 0 Å². The molecule has 0 radical (unpaired) electrons. The van der Waals surface area contributed by atoms with Gasteiger partial charge in [-0.05, 0) is 62.1 Å². The number of rotatable bonds is 4. The smallest absolute Gasteiger partial charge is 0.163 e. The van der Waals surface area contributed by atoms with Gasteiger partial charge in [-0.25, -0.2) is 0 Å². The van der Waals surface area contributed by atoms with Gasteiger partial charge in [0.05, 0.1) is 12.2 Å². The van der Waals surface area contributed by atoms with Gasteiger partial charge in [0.1, 0.15) is 5.75 Å². The molecule has 3 rings (SSSR count). The summed E-state index contributed by atoms with van der Waals surface area (Å²) < 4.78 is 6.92. The number of fused-ring (bicyclic) bond motifs is 2. The lowest BCUT2D eigenvalue weighted by Gasteiger charge is -2.22. The Morgan fingerprint density at radius 1 is 1.37 bits per heavy atom. The zero-order valence-electron chi connectivity index (χ0n) is 11.2.